The van der Waals surface area contributed by atoms with Gasteiger partial charge in [-0.2, -0.15) is 0 Å². The number of fused-ring (bicyclic) bond motifs is 1. The maximum absolute atomic E-state index is 13.5. The molecule has 0 fully saturated rings. The third kappa shape index (κ3) is 3.75. The van der Waals surface area contributed by atoms with Gasteiger partial charge in [0.05, 0.1) is 4.92 Å². The van der Waals surface area contributed by atoms with E-state index in [2.05, 4.69) is 4.98 Å². The van der Waals surface area contributed by atoms with Crippen molar-refractivity contribution in [3.05, 3.63) is 87.6 Å². The van der Waals surface area contributed by atoms with E-state index in [-0.39, 0.29) is 11.6 Å². The lowest BCUT2D eigenvalue weighted by molar-refractivity contribution is -0.385. The van der Waals surface area contributed by atoms with Crippen LogP contribution in [0.5, 0.6) is 17.4 Å². The summed E-state index contributed by atoms with van der Waals surface area (Å²) in [5.41, 5.74) is 1.23. The van der Waals surface area contributed by atoms with Crippen molar-refractivity contribution in [2.75, 3.05) is 0 Å². The summed E-state index contributed by atoms with van der Waals surface area (Å²) in [6, 6.07) is 11.3. The molecular formula is C20H14F2N2O4. The summed E-state index contributed by atoms with van der Waals surface area (Å²) in [4.78, 5) is 14.0. The van der Waals surface area contributed by atoms with Gasteiger partial charge in [-0.25, -0.2) is 13.8 Å². The van der Waals surface area contributed by atoms with Crippen LogP contribution in [0.2, 0.25) is 0 Å². The van der Waals surface area contributed by atoms with Gasteiger partial charge in [-0.3, -0.25) is 10.1 Å². The number of aromatic nitrogens is 1. The Morgan fingerprint density at radius 1 is 1.11 bits per heavy atom. The summed E-state index contributed by atoms with van der Waals surface area (Å²) < 4.78 is 38.4. The fourth-order valence-electron chi connectivity index (χ4n) is 3.09. The molecule has 6 nitrogen and oxygen atoms in total. The Labute approximate surface area is 158 Å². The summed E-state index contributed by atoms with van der Waals surface area (Å²) in [7, 11) is 0. The minimum absolute atomic E-state index is 0.119. The highest BCUT2D eigenvalue weighted by Crippen LogP contribution is 2.37. The van der Waals surface area contributed by atoms with Crippen LogP contribution in [0.3, 0.4) is 0 Å². The first-order valence-corrected chi connectivity index (χ1v) is 8.52. The molecule has 0 aliphatic carbocycles. The summed E-state index contributed by atoms with van der Waals surface area (Å²) in [6.07, 6.45) is 1.90. The van der Waals surface area contributed by atoms with Gasteiger partial charge in [0.1, 0.15) is 35.4 Å². The Morgan fingerprint density at radius 3 is 2.57 bits per heavy atom. The van der Waals surface area contributed by atoms with Gasteiger partial charge in [-0.05, 0) is 54.3 Å². The van der Waals surface area contributed by atoms with E-state index in [9.17, 15) is 18.9 Å². The SMILES string of the molecule is O=[N+]([O-])c1ccc(Oc2ccc3c(c2)CCC(c2cc(F)cc(F)c2)O3)nc1. The van der Waals surface area contributed by atoms with E-state index >= 15 is 0 Å². The third-order valence-corrected chi connectivity index (χ3v) is 4.39. The molecule has 2 aromatic carbocycles. The topological polar surface area (TPSA) is 74.5 Å². The first kappa shape index (κ1) is 17.8. The Morgan fingerprint density at radius 2 is 1.89 bits per heavy atom. The highest BCUT2D eigenvalue weighted by Gasteiger charge is 2.23. The van der Waals surface area contributed by atoms with Gasteiger partial charge in [0.15, 0.2) is 0 Å². The van der Waals surface area contributed by atoms with Crippen molar-refractivity contribution in [1.82, 2.24) is 4.98 Å². The first-order valence-electron chi connectivity index (χ1n) is 8.52. The predicted octanol–water partition coefficient (Wildman–Crippen LogP) is 5.13. The molecule has 0 bridgehead atoms. The monoisotopic (exact) mass is 384 g/mol. The molecule has 0 amide bonds. The van der Waals surface area contributed by atoms with Crippen LogP contribution < -0.4 is 9.47 Å². The van der Waals surface area contributed by atoms with Gasteiger partial charge in [-0.15, -0.1) is 0 Å². The zero-order valence-electron chi connectivity index (χ0n) is 14.5. The second kappa shape index (κ2) is 7.22. The van der Waals surface area contributed by atoms with E-state index in [0.717, 1.165) is 17.8 Å². The molecule has 2 heterocycles. The summed E-state index contributed by atoms with van der Waals surface area (Å²) in [5.74, 6) is 0.0896. The average molecular weight is 384 g/mol. The number of nitrogens with zero attached hydrogens (tertiary/aromatic N) is 2. The van der Waals surface area contributed by atoms with Gasteiger partial charge < -0.3 is 9.47 Å². The number of nitro groups is 1. The lowest BCUT2D eigenvalue weighted by Gasteiger charge is -2.26. The number of hydrogen-bond acceptors (Lipinski definition) is 5. The van der Waals surface area contributed by atoms with E-state index in [4.69, 9.17) is 9.47 Å². The molecule has 0 saturated carbocycles. The third-order valence-electron chi connectivity index (χ3n) is 4.39. The second-order valence-electron chi connectivity index (χ2n) is 6.33. The number of ether oxygens (including phenoxy) is 2. The summed E-state index contributed by atoms with van der Waals surface area (Å²) >= 11 is 0. The van der Waals surface area contributed by atoms with Gasteiger partial charge >= 0.3 is 0 Å². The maximum atomic E-state index is 13.5. The molecule has 28 heavy (non-hydrogen) atoms. The molecule has 0 saturated heterocycles. The number of benzene rings is 2. The predicted molar refractivity (Wildman–Crippen MR) is 95.5 cm³/mol. The molecule has 1 aliphatic heterocycles. The molecule has 3 aromatic rings. The van der Waals surface area contributed by atoms with Crippen molar-refractivity contribution in [2.24, 2.45) is 0 Å². The number of rotatable bonds is 4. The van der Waals surface area contributed by atoms with Gasteiger partial charge in [0, 0.05) is 18.2 Å². The van der Waals surface area contributed by atoms with Crippen molar-refractivity contribution in [1.29, 1.82) is 0 Å². The standard InChI is InChI=1S/C20H14F2N2O4/c21-14-7-13(8-15(22)10-14)19-4-1-12-9-17(3-5-18(12)28-19)27-20-6-2-16(11-23-20)24(25)26/h2-3,5-11,19H,1,4H2. The lowest BCUT2D eigenvalue weighted by atomic mass is 9.97. The summed E-state index contributed by atoms with van der Waals surface area (Å²) in [6.45, 7) is 0. The second-order valence-corrected chi connectivity index (χ2v) is 6.33. The van der Waals surface area contributed by atoms with E-state index in [1.165, 1.54) is 24.3 Å². The maximum Gasteiger partial charge on any atom is 0.287 e. The Kier molecular flexibility index (Phi) is 4.60. The highest BCUT2D eigenvalue weighted by atomic mass is 19.1. The smallest absolute Gasteiger partial charge is 0.287 e. The minimum atomic E-state index is -0.635. The van der Waals surface area contributed by atoms with Crippen LogP contribution in [0, 0.1) is 21.7 Å². The minimum Gasteiger partial charge on any atom is -0.485 e. The molecule has 1 aromatic heterocycles. The summed E-state index contributed by atoms with van der Waals surface area (Å²) in [5, 5.41) is 10.7. The number of hydrogen-bond donors (Lipinski definition) is 0. The normalized spacial score (nSPS) is 15.4. The van der Waals surface area contributed by atoms with Gasteiger partial charge in [0.25, 0.3) is 5.69 Å². The van der Waals surface area contributed by atoms with Crippen molar-refractivity contribution in [2.45, 2.75) is 18.9 Å². The van der Waals surface area contributed by atoms with Crippen LogP contribution in [0.15, 0.2) is 54.7 Å². The van der Waals surface area contributed by atoms with E-state index in [0.29, 0.717) is 29.9 Å². The molecule has 0 spiro atoms. The van der Waals surface area contributed by atoms with Crippen LogP contribution in [-0.4, -0.2) is 9.91 Å². The molecule has 1 unspecified atom stereocenters. The first-order chi connectivity index (χ1) is 13.5. The highest BCUT2D eigenvalue weighted by molar-refractivity contribution is 5.43. The van der Waals surface area contributed by atoms with E-state index in [1.807, 2.05) is 0 Å². The Balaban J connectivity index is 1.50. The number of aryl methyl sites for hydroxylation is 1. The fourth-order valence-corrected chi connectivity index (χ4v) is 3.09. The zero-order valence-corrected chi connectivity index (χ0v) is 14.5. The molecule has 0 N–H and O–H groups in total. The van der Waals surface area contributed by atoms with E-state index < -0.39 is 22.7 Å². The molecule has 1 aliphatic rings. The van der Waals surface area contributed by atoms with E-state index in [1.54, 1.807) is 18.2 Å². The average Bonchev–Trinajstić information content (AvgIpc) is 2.67. The van der Waals surface area contributed by atoms with Crippen molar-refractivity contribution >= 4 is 5.69 Å². The zero-order chi connectivity index (χ0) is 19.7. The van der Waals surface area contributed by atoms with Crippen molar-refractivity contribution in [3.8, 4) is 17.4 Å². The Hall–Kier alpha value is -3.55. The van der Waals surface area contributed by atoms with Crippen molar-refractivity contribution in [3.63, 3.8) is 0 Å². The number of pyridine rings is 1. The van der Waals surface area contributed by atoms with Crippen LogP contribution in [-0.2, 0) is 6.42 Å². The van der Waals surface area contributed by atoms with Crippen LogP contribution in [0.4, 0.5) is 14.5 Å². The lowest BCUT2D eigenvalue weighted by Crippen LogP contribution is -2.15. The quantitative estimate of drug-likeness (QED) is 0.461. The molecule has 4 rings (SSSR count). The largest absolute Gasteiger partial charge is 0.485 e. The van der Waals surface area contributed by atoms with Crippen LogP contribution in [0.25, 0.3) is 0 Å². The molecule has 0 radical (unpaired) electrons. The molecular weight excluding hydrogens is 370 g/mol. The molecule has 8 heteroatoms. The van der Waals surface area contributed by atoms with Crippen molar-refractivity contribution < 1.29 is 23.2 Å². The van der Waals surface area contributed by atoms with Gasteiger partial charge in [-0.1, -0.05) is 0 Å². The number of halogens is 2. The van der Waals surface area contributed by atoms with Gasteiger partial charge in [0.2, 0.25) is 5.88 Å². The van der Waals surface area contributed by atoms with Crippen LogP contribution in [0.1, 0.15) is 23.7 Å². The van der Waals surface area contributed by atoms with Crippen LogP contribution >= 0.6 is 0 Å². The molecule has 142 valence electrons. The fraction of sp³-hybridized carbons (Fsp3) is 0.150. The molecule has 1 atom stereocenters. The Bertz CT molecular complexity index is 1020.